The lowest BCUT2D eigenvalue weighted by Gasteiger charge is -2.19. The Kier molecular flexibility index (Phi) is 5.07. The first-order valence-electron chi connectivity index (χ1n) is 7.86. The predicted octanol–water partition coefficient (Wildman–Crippen LogP) is 3.25. The van der Waals surface area contributed by atoms with Gasteiger partial charge in [-0.3, -0.25) is 0 Å². The van der Waals surface area contributed by atoms with Gasteiger partial charge in [-0.15, -0.1) is 11.3 Å². The number of hydrogen-bond acceptors (Lipinski definition) is 3. The average Bonchev–Trinajstić information content (AvgIpc) is 2.80. The molecular formula is C18H24N2S. The molecule has 0 aliphatic carbocycles. The van der Waals surface area contributed by atoms with Gasteiger partial charge in [0, 0.05) is 37.6 Å². The van der Waals surface area contributed by atoms with Crippen molar-refractivity contribution in [1.29, 1.82) is 0 Å². The first-order chi connectivity index (χ1) is 10.3. The lowest BCUT2D eigenvalue weighted by atomic mass is 10.0. The van der Waals surface area contributed by atoms with E-state index in [1.165, 1.54) is 36.4 Å². The van der Waals surface area contributed by atoms with Crippen molar-refractivity contribution in [3.05, 3.63) is 57.3 Å². The molecule has 0 fully saturated rings. The van der Waals surface area contributed by atoms with Crippen molar-refractivity contribution in [1.82, 2.24) is 10.2 Å². The summed E-state index contributed by atoms with van der Waals surface area (Å²) >= 11 is 1.85. The molecule has 1 aromatic carbocycles. The molecule has 1 N–H and O–H groups in total. The van der Waals surface area contributed by atoms with Gasteiger partial charge >= 0.3 is 0 Å². The summed E-state index contributed by atoms with van der Waals surface area (Å²) < 4.78 is 0. The number of benzene rings is 1. The fraction of sp³-hybridized carbons (Fsp3) is 0.444. The summed E-state index contributed by atoms with van der Waals surface area (Å²) in [6, 6.07) is 11.1. The van der Waals surface area contributed by atoms with Gasteiger partial charge in [-0.25, -0.2) is 0 Å². The van der Waals surface area contributed by atoms with Gasteiger partial charge in [-0.05, 0) is 47.9 Å². The fourth-order valence-corrected chi connectivity index (χ4v) is 3.84. The van der Waals surface area contributed by atoms with Crippen LogP contribution in [-0.4, -0.2) is 31.1 Å². The maximum absolute atomic E-state index is 3.59. The highest BCUT2D eigenvalue weighted by Gasteiger charge is 2.12. The Morgan fingerprint density at radius 3 is 2.43 bits per heavy atom. The van der Waals surface area contributed by atoms with Crippen molar-refractivity contribution < 1.29 is 0 Å². The Hall–Kier alpha value is -1.16. The van der Waals surface area contributed by atoms with E-state index in [4.69, 9.17) is 0 Å². The fourth-order valence-electron chi connectivity index (χ4n) is 2.96. The van der Waals surface area contributed by atoms with Crippen molar-refractivity contribution in [3.8, 4) is 0 Å². The van der Waals surface area contributed by atoms with Gasteiger partial charge in [0.15, 0.2) is 0 Å². The molecule has 1 aliphatic heterocycles. The first kappa shape index (κ1) is 14.8. The molecule has 1 aromatic heterocycles. The lowest BCUT2D eigenvalue weighted by molar-refractivity contribution is 0.286. The Labute approximate surface area is 131 Å². The molecule has 3 rings (SSSR count). The van der Waals surface area contributed by atoms with Crippen molar-refractivity contribution in [3.63, 3.8) is 0 Å². The van der Waals surface area contributed by atoms with E-state index < -0.39 is 0 Å². The van der Waals surface area contributed by atoms with Gasteiger partial charge in [0.1, 0.15) is 0 Å². The normalized spacial score (nSPS) is 15.7. The molecule has 0 saturated heterocycles. The van der Waals surface area contributed by atoms with E-state index in [-0.39, 0.29) is 0 Å². The smallest absolute Gasteiger partial charge is 0.0302 e. The van der Waals surface area contributed by atoms with Gasteiger partial charge in [0.05, 0.1) is 0 Å². The van der Waals surface area contributed by atoms with Gasteiger partial charge < -0.3 is 10.2 Å². The SMILES string of the molecule is Cc1ccsc1CNCCN1CCc2ccccc2CC1. The van der Waals surface area contributed by atoms with Gasteiger partial charge in [-0.1, -0.05) is 24.3 Å². The predicted molar refractivity (Wildman–Crippen MR) is 91.1 cm³/mol. The molecule has 112 valence electrons. The van der Waals surface area contributed by atoms with Crippen LogP contribution >= 0.6 is 11.3 Å². The largest absolute Gasteiger partial charge is 0.311 e. The number of nitrogens with one attached hydrogen (secondary N) is 1. The quantitative estimate of drug-likeness (QED) is 0.853. The highest BCUT2D eigenvalue weighted by atomic mass is 32.1. The van der Waals surface area contributed by atoms with Crippen LogP contribution in [0.5, 0.6) is 0 Å². The number of fused-ring (bicyclic) bond motifs is 1. The van der Waals surface area contributed by atoms with E-state index in [1.54, 1.807) is 11.1 Å². The van der Waals surface area contributed by atoms with E-state index in [9.17, 15) is 0 Å². The zero-order valence-electron chi connectivity index (χ0n) is 12.8. The minimum Gasteiger partial charge on any atom is -0.311 e. The molecule has 0 atom stereocenters. The topological polar surface area (TPSA) is 15.3 Å². The maximum Gasteiger partial charge on any atom is 0.0302 e. The molecule has 2 aromatic rings. The molecule has 0 spiro atoms. The second-order valence-electron chi connectivity index (χ2n) is 5.81. The van der Waals surface area contributed by atoms with Crippen molar-refractivity contribution in [2.24, 2.45) is 0 Å². The highest BCUT2D eigenvalue weighted by molar-refractivity contribution is 7.10. The van der Waals surface area contributed by atoms with Crippen LogP contribution in [-0.2, 0) is 19.4 Å². The van der Waals surface area contributed by atoms with E-state index in [0.717, 1.165) is 19.6 Å². The minimum atomic E-state index is 1.01. The third kappa shape index (κ3) is 3.94. The summed E-state index contributed by atoms with van der Waals surface area (Å²) in [5, 5.41) is 5.77. The molecule has 1 aliphatic rings. The number of rotatable bonds is 5. The van der Waals surface area contributed by atoms with Crippen LogP contribution in [0.25, 0.3) is 0 Å². The number of thiophene rings is 1. The first-order valence-corrected chi connectivity index (χ1v) is 8.74. The van der Waals surface area contributed by atoms with Crippen LogP contribution in [0.4, 0.5) is 0 Å². The van der Waals surface area contributed by atoms with E-state index in [1.807, 2.05) is 11.3 Å². The Bertz CT molecular complexity index is 549. The van der Waals surface area contributed by atoms with Crippen LogP contribution in [0.2, 0.25) is 0 Å². The average molecular weight is 300 g/mol. The van der Waals surface area contributed by atoms with E-state index in [0.29, 0.717) is 0 Å². The van der Waals surface area contributed by atoms with E-state index >= 15 is 0 Å². The molecule has 2 nitrogen and oxygen atoms in total. The lowest BCUT2D eigenvalue weighted by Crippen LogP contribution is -2.33. The zero-order valence-corrected chi connectivity index (χ0v) is 13.6. The summed E-state index contributed by atoms with van der Waals surface area (Å²) in [5.41, 5.74) is 4.50. The second kappa shape index (κ2) is 7.21. The molecule has 3 heteroatoms. The summed E-state index contributed by atoms with van der Waals surface area (Å²) in [4.78, 5) is 4.06. The third-order valence-corrected chi connectivity index (χ3v) is 5.39. The summed E-state index contributed by atoms with van der Waals surface area (Å²) in [6.45, 7) is 7.82. The summed E-state index contributed by atoms with van der Waals surface area (Å²) in [5.74, 6) is 0. The molecule has 0 bridgehead atoms. The van der Waals surface area contributed by atoms with Gasteiger partial charge in [0.2, 0.25) is 0 Å². The van der Waals surface area contributed by atoms with Crippen molar-refractivity contribution >= 4 is 11.3 Å². The second-order valence-corrected chi connectivity index (χ2v) is 6.81. The van der Waals surface area contributed by atoms with Crippen LogP contribution in [0.1, 0.15) is 21.6 Å². The summed E-state index contributed by atoms with van der Waals surface area (Å²) in [7, 11) is 0. The van der Waals surface area contributed by atoms with Gasteiger partial charge in [0.25, 0.3) is 0 Å². The molecular weight excluding hydrogens is 276 g/mol. The van der Waals surface area contributed by atoms with Crippen molar-refractivity contribution in [2.75, 3.05) is 26.2 Å². The third-order valence-electron chi connectivity index (χ3n) is 4.37. The van der Waals surface area contributed by atoms with Crippen LogP contribution in [0, 0.1) is 6.92 Å². The Morgan fingerprint density at radius 1 is 1.10 bits per heavy atom. The molecule has 0 amide bonds. The highest BCUT2D eigenvalue weighted by Crippen LogP contribution is 2.16. The zero-order chi connectivity index (χ0) is 14.5. The number of hydrogen-bond donors (Lipinski definition) is 1. The van der Waals surface area contributed by atoms with Crippen LogP contribution in [0.15, 0.2) is 35.7 Å². The van der Waals surface area contributed by atoms with Crippen LogP contribution < -0.4 is 5.32 Å². The molecule has 2 heterocycles. The summed E-state index contributed by atoms with van der Waals surface area (Å²) in [6.07, 6.45) is 2.39. The Balaban J connectivity index is 1.42. The maximum atomic E-state index is 3.59. The molecule has 0 radical (unpaired) electrons. The molecule has 0 unspecified atom stereocenters. The number of nitrogens with zero attached hydrogens (tertiary/aromatic N) is 1. The van der Waals surface area contributed by atoms with Crippen molar-refractivity contribution in [2.45, 2.75) is 26.3 Å². The van der Waals surface area contributed by atoms with Gasteiger partial charge in [-0.2, -0.15) is 0 Å². The monoisotopic (exact) mass is 300 g/mol. The number of aryl methyl sites for hydroxylation is 1. The minimum absolute atomic E-state index is 1.01. The molecule has 21 heavy (non-hydrogen) atoms. The Morgan fingerprint density at radius 2 is 1.81 bits per heavy atom. The van der Waals surface area contributed by atoms with E-state index in [2.05, 4.69) is 52.9 Å². The molecule has 0 saturated carbocycles. The van der Waals surface area contributed by atoms with Crippen LogP contribution in [0.3, 0.4) is 0 Å². The standard InChI is InChI=1S/C18H24N2S/c1-15-8-13-21-18(15)14-19-9-12-20-10-6-16-4-2-3-5-17(16)7-11-20/h2-5,8,13,19H,6-7,9-12,14H2,1H3.